The standard InChI is InChI=1S/C22H38N2O2/c1-4-5-6-7-8-18-26-21-12-11-20(19-22(21)25-3)10-9-13-24-16-14-23(2)15-17-24/h11-12,19H,4-10,13-18H2,1-3H3. The van der Waals surface area contributed by atoms with Gasteiger partial charge in [0, 0.05) is 26.2 Å². The summed E-state index contributed by atoms with van der Waals surface area (Å²) in [4.78, 5) is 4.98. The second kappa shape index (κ2) is 12.2. The SMILES string of the molecule is CCCCCCCOc1ccc(CCCN2CCN(C)CC2)cc1OC. The number of likely N-dealkylation sites (N-methyl/N-ethyl adjacent to an activating group) is 1. The summed E-state index contributed by atoms with van der Waals surface area (Å²) in [5.74, 6) is 1.75. The van der Waals surface area contributed by atoms with Crippen LogP contribution < -0.4 is 9.47 Å². The Morgan fingerprint density at radius 2 is 1.69 bits per heavy atom. The van der Waals surface area contributed by atoms with Gasteiger partial charge in [0.1, 0.15) is 0 Å². The number of methoxy groups -OCH3 is 1. The normalized spacial score (nSPS) is 16.0. The second-order valence-electron chi connectivity index (χ2n) is 7.50. The van der Waals surface area contributed by atoms with Gasteiger partial charge in [-0.05, 0) is 50.6 Å². The molecule has 0 aliphatic carbocycles. The van der Waals surface area contributed by atoms with Gasteiger partial charge < -0.3 is 19.3 Å². The highest BCUT2D eigenvalue weighted by molar-refractivity contribution is 5.43. The molecule has 1 aromatic carbocycles. The van der Waals surface area contributed by atoms with Gasteiger partial charge in [-0.2, -0.15) is 0 Å². The molecule has 0 bridgehead atoms. The predicted molar refractivity (Wildman–Crippen MR) is 110 cm³/mol. The van der Waals surface area contributed by atoms with Crippen LogP contribution in [-0.2, 0) is 6.42 Å². The summed E-state index contributed by atoms with van der Waals surface area (Å²) in [5.41, 5.74) is 1.34. The van der Waals surface area contributed by atoms with E-state index in [0.29, 0.717) is 0 Å². The molecular formula is C22H38N2O2. The minimum atomic E-state index is 0.781. The average molecular weight is 363 g/mol. The predicted octanol–water partition coefficient (Wildman–Crippen LogP) is 4.22. The summed E-state index contributed by atoms with van der Waals surface area (Å²) in [6, 6.07) is 6.42. The first-order valence-electron chi connectivity index (χ1n) is 10.4. The molecule has 1 heterocycles. The van der Waals surface area contributed by atoms with E-state index in [-0.39, 0.29) is 0 Å². The molecular weight excluding hydrogens is 324 g/mol. The van der Waals surface area contributed by atoms with E-state index in [9.17, 15) is 0 Å². The molecule has 148 valence electrons. The molecule has 0 atom stereocenters. The van der Waals surface area contributed by atoms with E-state index in [0.717, 1.165) is 30.9 Å². The number of benzene rings is 1. The van der Waals surface area contributed by atoms with E-state index in [1.165, 1.54) is 70.4 Å². The summed E-state index contributed by atoms with van der Waals surface area (Å²) in [6.45, 7) is 9.00. The van der Waals surface area contributed by atoms with Gasteiger partial charge >= 0.3 is 0 Å². The van der Waals surface area contributed by atoms with Crippen molar-refractivity contribution in [2.45, 2.75) is 51.9 Å². The number of nitrogens with zero attached hydrogens (tertiary/aromatic N) is 2. The van der Waals surface area contributed by atoms with Crippen LogP contribution in [0, 0.1) is 0 Å². The maximum absolute atomic E-state index is 5.94. The monoisotopic (exact) mass is 362 g/mol. The summed E-state index contributed by atoms with van der Waals surface area (Å²) in [5, 5.41) is 0. The van der Waals surface area contributed by atoms with Crippen LogP contribution in [0.4, 0.5) is 0 Å². The number of hydrogen-bond donors (Lipinski definition) is 0. The van der Waals surface area contributed by atoms with Crippen molar-refractivity contribution in [3.63, 3.8) is 0 Å². The molecule has 1 aliphatic rings. The maximum Gasteiger partial charge on any atom is 0.161 e. The van der Waals surface area contributed by atoms with Crippen molar-refractivity contribution in [2.75, 3.05) is 53.5 Å². The average Bonchev–Trinajstić information content (AvgIpc) is 2.66. The molecule has 1 saturated heterocycles. The number of aryl methyl sites for hydroxylation is 1. The van der Waals surface area contributed by atoms with Crippen LogP contribution in [0.2, 0.25) is 0 Å². The zero-order valence-electron chi connectivity index (χ0n) is 17.1. The number of hydrogen-bond acceptors (Lipinski definition) is 4. The van der Waals surface area contributed by atoms with Gasteiger partial charge in [-0.1, -0.05) is 38.7 Å². The number of unbranched alkanes of at least 4 members (excludes halogenated alkanes) is 4. The van der Waals surface area contributed by atoms with Gasteiger partial charge in [0.2, 0.25) is 0 Å². The molecule has 0 saturated carbocycles. The second-order valence-corrected chi connectivity index (χ2v) is 7.50. The quantitative estimate of drug-likeness (QED) is 0.520. The highest BCUT2D eigenvalue weighted by atomic mass is 16.5. The van der Waals surface area contributed by atoms with Crippen LogP contribution in [0.25, 0.3) is 0 Å². The zero-order chi connectivity index (χ0) is 18.6. The van der Waals surface area contributed by atoms with Crippen molar-refractivity contribution in [3.05, 3.63) is 23.8 Å². The fourth-order valence-electron chi connectivity index (χ4n) is 3.45. The molecule has 2 rings (SSSR count). The van der Waals surface area contributed by atoms with Crippen LogP contribution in [-0.4, -0.2) is 63.3 Å². The van der Waals surface area contributed by atoms with Crippen LogP contribution >= 0.6 is 0 Å². The Morgan fingerprint density at radius 1 is 0.923 bits per heavy atom. The smallest absolute Gasteiger partial charge is 0.161 e. The Labute approximate surface area is 160 Å². The van der Waals surface area contributed by atoms with Crippen molar-refractivity contribution in [1.29, 1.82) is 0 Å². The van der Waals surface area contributed by atoms with Crippen LogP contribution in [0.5, 0.6) is 11.5 Å². The molecule has 4 nitrogen and oxygen atoms in total. The maximum atomic E-state index is 5.94. The van der Waals surface area contributed by atoms with Gasteiger partial charge in [0.25, 0.3) is 0 Å². The minimum Gasteiger partial charge on any atom is -0.493 e. The molecule has 0 N–H and O–H groups in total. The molecule has 4 heteroatoms. The molecule has 0 spiro atoms. The Morgan fingerprint density at radius 3 is 2.42 bits per heavy atom. The molecule has 0 radical (unpaired) electrons. The first-order chi connectivity index (χ1) is 12.7. The zero-order valence-corrected chi connectivity index (χ0v) is 17.1. The first-order valence-corrected chi connectivity index (χ1v) is 10.4. The lowest BCUT2D eigenvalue weighted by Crippen LogP contribution is -2.44. The van der Waals surface area contributed by atoms with E-state index in [4.69, 9.17) is 9.47 Å². The van der Waals surface area contributed by atoms with E-state index < -0.39 is 0 Å². The molecule has 1 fully saturated rings. The van der Waals surface area contributed by atoms with Crippen LogP contribution in [0.1, 0.15) is 51.0 Å². The van der Waals surface area contributed by atoms with Crippen LogP contribution in [0.15, 0.2) is 18.2 Å². The third-order valence-corrected chi connectivity index (χ3v) is 5.27. The summed E-state index contributed by atoms with van der Waals surface area (Å²) >= 11 is 0. The third kappa shape index (κ3) is 7.55. The number of ether oxygens (including phenoxy) is 2. The van der Waals surface area contributed by atoms with E-state index in [1.54, 1.807) is 7.11 Å². The highest BCUT2D eigenvalue weighted by Crippen LogP contribution is 2.28. The molecule has 1 aliphatic heterocycles. The highest BCUT2D eigenvalue weighted by Gasteiger charge is 2.13. The number of rotatable bonds is 12. The Hall–Kier alpha value is -1.26. The van der Waals surface area contributed by atoms with Gasteiger partial charge in [-0.15, -0.1) is 0 Å². The fourth-order valence-corrected chi connectivity index (χ4v) is 3.45. The van der Waals surface area contributed by atoms with E-state index >= 15 is 0 Å². The van der Waals surface area contributed by atoms with E-state index in [1.807, 2.05) is 0 Å². The lowest BCUT2D eigenvalue weighted by atomic mass is 10.1. The van der Waals surface area contributed by atoms with Gasteiger partial charge in [-0.25, -0.2) is 0 Å². The summed E-state index contributed by atoms with van der Waals surface area (Å²) in [7, 11) is 3.94. The topological polar surface area (TPSA) is 24.9 Å². The van der Waals surface area contributed by atoms with Crippen molar-refractivity contribution in [2.24, 2.45) is 0 Å². The third-order valence-electron chi connectivity index (χ3n) is 5.27. The van der Waals surface area contributed by atoms with Crippen molar-refractivity contribution >= 4 is 0 Å². The fraction of sp³-hybridized carbons (Fsp3) is 0.727. The molecule has 0 amide bonds. The summed E-state index contributed by atoms with van der Waals surface area (Å²) in [6.07, 6.45) is 8.58. The summed E-state index contributed by atoms with van der Waals surface area (Å²) < 4.78 is 11.5. The molecule has 26 heavy (non-hydrogen) atoms. The Kier molecular flexibility index (Phi) is 9.86. The van der Waals surface area contributed by atoms with Crippen molar-refractivity contribution in [3.8, 4) is 11.5 Å². The van der Waals surface area contributed by atoms with Gasteiger partial charge in [0.05, 0.1) is 13.7 Å². The lowest BCUT2D eigenvalue weighted by molar-refractivity contribution is 0.153. The van der Waals surface area contributed by atoms with Crippen molar-refractivity contribution in [1.82, 2.24) is 9.80 Å². The van der Waals surface area contributed by atoms with Gasteiger partial charge in [-0.3, -0.25) is 0 Å². The lowest BCUT2D eigenvalue weighted by Gasteiger charge is -2.32. The molecule has 0 unspecified atom stereocenters. The largest absolute Gasteiger partial charge is 0.493 e. The number of piperazine rings is 1. The minimum absolute atomic E-state index is 0.781. The van der Waals surface area contributed by atoms with Crippen molar-refractivity contribution < 1.29 is 9.47 Å². The first kappa shape index (κ1) is 21.0. The molecule has 1 aromatic rings. The van der Waals surface area contributed by atoms with E-state index in [2.05, 4.69) is 42.0 Å². The Bertz CT molecular complexity index is 499. The van der Waals surface area contributed by atoms with Crippen LogP contribution in [0.3, 0.4) is 0 Å². The molecule has 0 aromatic heterocycles. The Balaban J connectivity index is 1.71. The van der Waals surface area contributed by atoms with Gasteiger partial charge in [0.15, 0.2) is 11.5 Å².